The van der Waals surface area contributed by atoms with Gasteiger partial charge in [0.05, 0.1) is 18.9 Å². The van der Waals surface area contributed by atoms with Crippen LogP contribution in [0.15, 0.2) is 0 Å². The van der Waals surface area contributed by atoms with E-state index in [-0.39, 0.29) is 6.42 Å². The zero-order valence-corrected chi connectivity index (χ0v) is 17.4. The third kappa shape index (κ3) is 10.6. The Balaban J connectivity index is 5.42. The molecule has 30 heavy (non-hydrogen) atoms. The average molecular weight is 449 g/mol. The summed E-state index contributed by atoms with van der Waals surface area (Å²) in [5.41, 5.74) is 10.4. The molecule has 4 atom stereocenters. The van der Waals surface area contributed by atoms with E-state index in [0.29, 0.717) is 5.75 Å². The minimum atomic E-state index is -1.60. The molecule has 170 valence electrons. The largest absolute Gasteiger partial charge is 0.481 e. The highest BCUT2D eigenvalue weighted by Gasteiger charge is 2.31. The van der Waals surface area contributed by atoms with Gasteiger partial charge in [-0.2, -0.15) is 11.8 Å². The van der Waals surface area contributed by atoms with Crippen LogP contribution in [0.5, 0.6) is 0 Å². The molecule has 0 aliphatic rings. The second-order valence-electron chi connectivity index (χ2n) is 6.36. The summed E-state index contributed by atoms with van der Waals surface area (Å²) in [6.07, 6.45) is 0.389. The van der Waals surface area contributed by atoms with Gasteiger partial charge in [-0.05, 0) is 25.4 Å². The van der Waals surface area contributed by atoms with Crippen LogP contribution in [0.1, 0.15) is 26.2 Å². The fourth-order valence-corrected chi connectivity index (χ4v) is 2.61. The molecule has 0 heterocycles. The molecular formula is C16H27N5O8S. The van der Waals surface area contributed by atoms with E-state index in [2.05, 4.69) is 16.0 Å². The first-order chi connectivity index (χ1) is 13.9. The minimum Gasteiger partial charge on any atom is -0.481 e. The van der Waals surface area contributed by atoms with E-state index in [1.54, 1.807) is 6.26 Å². The van der Waals surface area contributed by atoms with Gasteiger partial charge in [0.1, 0.15) is 18.1 Å². The lowest BCUT2D eigenvalue weighted by atomic mass is 10.1. The van der Waals surface area contributed by atoms with Gasteiger partial charge in [-0.25, -0.2) is 4.79 Å². The Morgan fingerprint density at radius 2 is 1.37 bits per heavy atom. The van der Waals surface area contributed by atoms with Gasteiger partial charge in [-0.15, -0.1) is 0 Å². The van der Waals surface area contributed by atoms with Crippen LogP contribution in [0.4, 0.5) is 0 Å². The number of hydrogen-bond acceptors (Lipinski definition) is 8. The number of primary amides is 1. The quantitative estimate of drug-likeness (QED) is 0.142. The van der Waals surface area contributed by atoms with Crippen molar-refractivity contribution in [2.24, 2.45) is 11.5 Å². The number of carboxylic acid groups (broad SMARTS) is 2. The van der Waals surface area contributed by atoms with Gasteiger partial charge in [0.25, 0.3) is 0 Å². The molecule has 0 aromatic carbocycles. The molecule has 0 rings (SSSR count). The average Bonchev–Trinajstić information content (AvgIpc) is 2.62. The highest BCUT2D eigenvalue weighted by atomic mass is 32.2. The predicted octanol–water partition coefficient (Wildman–Crippen LogP) is -3.02. The Labute approximate surface area is 176 Å². The van der Waals surface area contributed by atoms with E-state index in [0.717, 1.165) is 0 Å². The van der Waals surface area contributed by atoms with E-state index in [1.807, 2.05) is 0 Å². The van der Waals surface area contributed by atoms with Crippen molar-refractivity contribution < 1.29 is 39.0 Å². The molecule has 4 amide bonds. The van der Waals surface area contributed by atoms with Gasteiger partial charge < -0.3 is 37.6 Å². The molecule has 0 bridgehead atoms. The summed E-state index contributed by atoms with van der Waals surface area (Å²) in [5, 5.41) is 24.7. The second-order valence-corrected chi connectivity index (χ2v) is 7.35. The molecule has 14 heteroatoms. The fourth-order valence-electron chi connectivity index (χ4n) is 2.14. The zero-order chi connectivity index (χ0) is 23.4. The molecule has 0 fully saturated rings. The molecule has 0 radical (unpaired) electrons. The number of nitrogens with one attached hydrogen (secondary N) is 3. The van der Waals surface area contributed by atoms with Gasteiger partial charge >= 0.3 is 11.9 Å². The Hall–Kier alpha value is -2.87. The lowest BCUT2D eigenvalue weighted by molar-refractivity contribution is -0.144. The van der Waals surface area contributed by atoms with E-state index >= 15 is 0 Å². The van der Waals surface area contributed by atoms with Gasteiger partial charge in [0.15, 0.2) is 0 Å². The van der Waals surface area contributed by atoms with Crippen LogP contribution in [0.25, 0.3) is 0 Å². The van der Waals surface area contributed by atoms with Crippen molar-refractivity contribution in [1.82, 2.24) is 16.0 Å². The highest BCUT2D eigenvalue weighted by molar-refractivity contribution is 7.98. The standard InChI is InChI=1S/C16H27N5O8S/c1-7(17)13(25)20-9(6-12(23)24)15(27)19-8(3-4-30-2)14(26)21-10(16(28)29)5-11(18)22/h7-10H,3-6,17H2,1-2H3,(H2,18,22)(H,19,27)(H,20,25)(H,21,26)(H,23,24)(H,28,29). The number of thioether (sulfide) groups is 1. The molecule has 0 aliphatic heterocycles. The van der Waals surface area contributed by atoms with Crippen molar-refractivity contribution in [2.45, 2.75) is 50.4 Å². The zero-order valence-electron chi connectivity index (χ0n) is 16.5. The van der Waals surface area contributed by atoms with E-state index in [1.165, 1.54) is 18.7 Å². The van der Waals surface area contributed by atoms with Crippen LogP contribution in [0.2, 0.25) is 0 Å². The lowest BCUT2D eigenvalue weighted by Gasteiger charge is -2.24. The SMILES string of the molecule is CSCCC(NC(=O)C(CC(=O)O)NC(=O)C(C)N)C(=O)NC(CC(N)=O)C(=O)O. The topological polar surface area (TPSA) is 231 Å². The van der Waals surface area contributed by atoms with Gasteiger partial charge in [0, 0.05) is 0 Å². The van der Waals surface area contributed by atoms with Crippen molar-refractivity contribution >= 4 is 47.3 Å². The molecule has 0 aromatic rings. The summed E-state index contributed by atoms with van der Waals surface area (Å²) in [6.45, 7) is 1.34. The summed E-state index contributed by atoms with van der Waals surface area (Å²) in [7, 11) is 0. The number of carbonyl (C=O) groups is 6. The Kier molecular flexibility index (Phi) is 12.1. The highest BCUT2D eigenvalue weighted by Crippen LogP contribution is 2.05. The van der Waals surface area contributed by atoms with Crippen LogP contribution in [0.3, 0.4) is 0 Å². The van der Waals surface area contributed by atoms with Crippen molar-refractivity contribution in [1.29, 1.82) is 0 Å². The number of nitrogens with two attached hydrogens (primary N) is 2. The number of rotatable bonds is 14. The van der Waals surface area contributed by atoms with E-state index in [9.17, 15) is 28.8 Å². The van der Waals surface area contributed by atoms with Crippen molar-refractivity contribution in [3.05, 3.63) is 0 Å². The summed E-state index contributed by atoms with van der Waals surface area (Å²) < 4.78 is 0. The first-order valence-corrected chi connectivity index (χ1v) is 10.2. The number of aliphatic carboxylic acids is 2. The molecule has 0 aliphatic carbocycles. The third-order valence-electron chi connectivity index (χ3n) is 3.69. The smallest absolute Gasteiger partial charge is 0.326 e. The molecule has 0 saturated carbocycles. The van der Waals surface area contributed by atoms with Gasteiger partial charge in [-0.1, -0.05) is 0 Å². The first kappa shape index (κ1) is 27.1. The normalized spacial score (nSPS) is 14.5. The van der Waals surface area contributed by atoms with Crippen LogP contribution in [-0.2, 0) is 28.8 Å². The Morgan fingerprint density at radius 1 is 0.867 bits per heavy atom. The molecule has 0 aromatic heterocycles. The molecule has 0 spiro atoms. The van der Waals surface area contributed by atoms with Crippen molar-refractivity contribution in [3.8, 4) is 0 Å². The van der Waals surface area contributed by atoms with Gasteiger partial charge in [-0.3, -0.25) is 24.0 Å². The van der Waals surface area contributed by atoms with Crippen LogP contribution >= 0.6 is 11.8 Å². The monoisotopic (exact) mass is 449 g/mol. The number of carboxylic acids is 2. The number of hydrogen-bond donors (Lipinski definition) is 7. The maximum absolute atomic E-state index is 12.5. The second kappa shape index (κ2) is 13.4. The van der Waals surface area contributed by atoms with Crippen molar-refractivity contribution in [3.63, 3.8) is 0 Å². The summed E-state index contributed by atoms with van der Waals surface area (Å²) >= 11 is 1.34. The Morgan fingerprint density at radius 3 is 1.80 bits per heavy atom. The van der Waals surface area contributed by atoms with Crippen LogP contribution in [-0.4, -0.2) is 82.0 Å². The molecular weight excluding hydrogens is 422 g/mol. The lowest BCUT2D eigenvalue weighted by Crippen LogP contribution is -2.57. The van der Waals surface area contributed by atoms with Crippen LogP contribution < -0.4 is 27.4 Å². The maximum atomic E-state index is 12.5. The molecule has 9 N–H and O–H groups in total. The first-order valence-electron chi connectivity index (χ1n) is 8.77. The van der Waals surface area contributed by atoms with Crippen LogP contribution in [0, 0.1) is 0 Å². The fraction of sp³-hybridized carbons (Fsp3) is 0.625. The van der Waals surface area contributed by atoms with Crippen molar-refractivity contribution in [2.75, 3.05) is 12.0 Å². The molecule has 13 nitrogen and oxygen atoms in total. The minimum absolute atomic E-state index is 0.0721. The number of amides is 4. The third-order valence-corrected chi connectivity index (χ3v) is 4.33. The van der Waals surface area contributed by atoms with E-state index in [4.69, 9.17) is 21.7 Å². The summed E-state index contributed by atoms with van der Waals surface area (Å²) in [6, 6.07) is -5.36. The van der Waals surface area contributed by atoms with Gasteiger partial charge in [0.2, 0.25) is 23.6 Å². The van der Waals surface area contributed by atoms with E-state index < -0.39 is 72.6 Å². The maximum Gasteiger partial charge on any atom is 0.326 e. The molecule has 4 unspecified atom stereocenters. The number of carbonyl (C=O) groups excluding carboxylic acids is 4. The predicted molar refractivity (Wildman–Crippen MR) is 106 cm³/mol. The summed E-state index contributed by atoms with van der Waals surface area (Å²) in [4.78, 5) is 70.0. The summed E-state index contributed by atoms with van der Waals surface area (Å²) in [5.74, 6) is -6.07. The Bertz CT molecular complexity index is 672. The molecule has 0 saturated heterocycles.